The topological polar surface area (TPSA) is 57.7 Å². The predicted molar refractivity (Wildman–Crippen MR) is 76.4 cm³/mol. The van der Waals surface area contributed by atoms with E-state index in [-0.39, 0.29) is 18.5 Å². The van der Waals surface area contributed by atoms with E-state index in [0.29, 0.717) is 6.54 Å². The SMILES string of the molecule is CCCN(CC(=O)N1CCCCC1CC)S(C)(=O)=O. The normalized spacial score (nSPS) is 20.8. The van der Waals surface area contributed by atoms with Crippen LogP contribution in [0.2, 0.25) is 0 Å². The molecular weight excluding hydrogens is 264 g/mol. The highest BCUT2D eigenvalue weighted by Crippen LogP contribution is 2.20. The van der Waals surface area contributed by atoms with E-state index in [1.54, 1.807) is 0 Å². The number of piperidine rings is 1. The molecule has 0 aromatic carbocycles. The summed E-state index contributed by atoms with van der Waals surface area (Å²) in [5.41, 5.74) is 0. The first-order valence-electron chi connectivity index (χ1n) is 7.14. The number of amides is 1. The van der Waals surface area contributed by atoms with Crippen LogP contribution in [0.3, 0.4) is 0 Å². The molecule has 1 amide bonds. The van der Waals surface area contributed by atoms with Gasteiger partial charge in [0.2, 0.25) is 15.9 Å². The number of sulfonamides is 1. The monoisotopic (exact) mass is 290 g/mol. The van der Waals surface area contributed by atoms with E-state index < -0.39 is 10.0 Å². The number of carbonyl (C=O) groups excluding carboxylic acids is 1. The fraction of sp³-hybridized carbons (Fsp3) is 0.923. The summed E-state index contributed by atoms with van der Waals surface area (Å²) >= 11 is 0. The van der Waals surface area contributed by atoms with Gasteiger partial charge < -0.3 is 4.90 Å². The zero-order chi connectivity index (χ0) is 14.5. The molecule has 19 heavy (non-hydrogen) atoms. The molecule has 1 saturated heterocycles. The van der Waals surface area contributed by atoms with Crippen LogP contribution in [0, 0.1) is 0 Å². The molecule has 112 valence electrons. The third-order valence-corrected chi connectivity index (χ3v) is 4.92. The maximum atomic E-state index is 12.3. The van der Waals surface area contributed by atoms with Crippen molar-refractivity contribution in [1.82, 2.24) is 9.21 Å². The number of hydrogen-bond donors (Lipinski definition) is 0. The zero-order valence-electron chi connectivity index (χ0n) is 12.3. The second-order valence-electron chi connectivity index (χ2n) is 5.24. The standard InChI is InChI=1S/C13H26N2O3S/c1-4-9-14(19(3,17)18)11-13(16)15-10-7-6-8-12(15)5-2/h12H,4-11H2,1-3H3. The third kappa shape index (κ3) is 4.76. The largest absolute Gasteiger partial charge is 0.339 e. The smallest absolute Gasteiger partial charge is 0.238 e. The van der Waals surface area contributed by atoms with Crippen molar-refractivity contribution < 1.29 is 13.2 Å². The first kappa shape index (κ1) is 16.4. The van der Waals surface area contributed by atoms with Crippen molar-refractivity contribution in [3.05, 3.63) is 0 Å². The summed E-state index contributed by atoms with van der Waals surface area (Å²) in [7, 11) is -3.30. The summed E-state index contributed by atoms with van der Waals surface area (Å²) in [5.74, 6) is -0.0505. The summed E-state index contributed by atoms with van der Waals surface area (Å²) in [6, 6.07) is 0.282. The van der Waals surface area contributed by atoms with Gasteiger partial charge >= 0.3 is 0 Å². The van der Waals surface area contributed by atoms with Crippen LogP contribution in [-0.4, -0.2) is 55.5 Å². The molecule has 0 radical (unpaired) electrons. The molecule has 0 aliphatic carbocycles. The highest BCUT2D eigenvalue weighted by Gasteiger charge is 2.28. The Balaban J connectivity index is 2.70. The molecule has 0 saturated carbocycles. The molecular formula is C13H26N2O3S. The summed E-state index contributed by atoms with van der Waals surface area (Å²) in [6.45, 7) is 5.16. The summed E-state index contributed by atoms with van der Waals surface area (Å²) < 4.78 is 24.6. The summed E-state index contributed by atoms with van der Waals surface area (Å²) in [6.07, 6.45) is 6.05. The van der Waals surface area contributed by atoms with Crippen LogP contribution in [0.15, 0.2) is 0 Å². The molecule has 1 atom stereocenters. The number of hydrogen-bond acceptors (Lipinski definition) is 3. The van der Waals surface area contributed by atoms with Crippen molar-refractivity contribution in [3.63, 3.8) is 0 Å². The van der Waals surface area contributed by atoms with Gasteiger partial charge in [-0.25, -0.2) is 8.42 Å². The fourth-order valence-corrected chi connectivity index (χ4v) is 3.47. The van der Waals surface area contributed by atoms with Gasteiger partial charge in [-0.15, -0.1) is 0 Å². The van der Waals surface area contributed by atoms with Crippen LogP contribution >= 0.6 is 0 Å². The van der Waals surface area contributed by atoms with Crippen LogP contribution in [0.5, 0.6) is 0 Å². The highest BCUT2D eigenvalue weighted by molar-refractivity contribution is 7.88. The lowest BCUT2D eigenvalue weighted by atomic mass is 10.00. The number of nitrogens with zero attached hydrogens (tertiary/aromatic N) is 2. The Hall–Kier alpha value is -0.620. The summed E-state index contributed by atoms with van der Waals surface area (Å²) in [5, 5.41) is 0. The van der Waals surface area contributed by atoms with Gasteiger partial charge in [0.1, 0.15) is 0 Å². The lowest BCUT2D eigenvalue weighted by molar-refractivity contribution is -0.135. The molecule has 0 spiro atoms. The van der Waals surface area contributed by atoms with Crippen LogP contribution in [0.25, 0.3) is 0 Å². The van der Waals surface area contributed by atoms with Crippen LogP contribution in [0.4, 0.5) is 0 Å². The molecule has 1 aliphatic rings. The van der Waals surface area contributed by atoms with E-state index >= 15 is 0 Å². The number of likely N-dealkylation sites (tertiary alicyclic amines) is 1. The first-order chi connectivity index (χ1) is 8.90. The quantitative estimate of drug-likeness (QED) is 0.744. The van der Waals surface area contributed by atoms with Gasteiger partial charge in [-0.3, -0.25) is 4.79 Å². The number of carbonyl (C=O) groups is 1. The second-order valence-corrected chi connectivity index (χ2v) is 7.22. The molecule has 1 aliphatic heterocycles. The van der Waals surface area contributed by atoms with Crippen LogP contribution in [0.1, 0.15) is 46.0 Å². The molecule has 0 aromatic heterocycles. The molecule has 0 bridgehead atoms. The van der Waals surface area contributed by atoms with E-state index in [1.165, 1.54) is 10.6 Å². The van der Waals surface area contributed by atoms with Crippen molar-refractivity contribution in [2.75, 3.05) is 25.9 Å². The van der Waals surface area contributed by atoms with Gasteiger partial charge in [0.15, 0.2) is 0 Å². The fourth-order valence-electron chi connectivity index (χ4n) is 2.61. The van der Waals surface area contributed by atoms with E-state index in [0.717, 1.165) is 38.6 Å². The van der Waals surface area contributed by atoms with Gasteiger partial charge in [-0.1, -0.05) is 13.8 Å². The minimum Gasteiger partial charge on any atom is -0.339 e. The van der Waals surface area contributed by atoms with Crippen molar-refractivity contribution in [1.29, 1.82) is 0 Å². The average molecular weight is 290 g/mol. The molecule has 1 fully saturated rings. The molecule has 5 nitrogen and oxygen atoms in total. The minimum atomic E-state index is -3.30. The van der Waals surface area contributed by atoms with E-state index in [2.05, 4.69) is 6.92 Å². The van der Waals surface area contributed by atoms with E-state index in [4.69, 9.17) is 0 Å². The van der Waals surface area contributed by atoms with E-state index in [1.807, 2.05) is 11.8 Å². The van der Waals surface area contributed by atoms with Crippen molar-refractivity contribution in [3.8, 4) is 0 Å². The highest BCUT2D eigenvalue weighted by atomic mass is 32.2. The second kappa shape index (κ2) is 7.24. The molecule has 0 aromatic rings. The van der Waals surface area contributed by atoms with Crippen LogP contribution in [-0.2, 0) is 14.8 Å². The molecule has 1 unspecified atom stereocenters. The lowest BCUT2D eigenvalue weighted by Crippen LogP contribution is -2.48. The Labute approximate surface area is 117 Å². The zero-order valence-corrected chi connectivity index (χ0v) is 13.1. The van der Waals surface area contributed by atoms with Gasteiger partial charge in [0.05, 0.1) is 12.8 Å². The van der Waals surface area contributed by atoms with Gasteiger partial charge in [0.25, 0.3) is 0 Å². The molecule has 6 heteroatoms. The molecule has 1 rings (SSSR count). The van der Waals surface area contributed by atoms with Gasteiger partial charge in [0, 0.05) is 19.1 Å². The number of rotatable bonds is 6. The minimum absolute atomic E-state index is 0.0107. The van der Waals surface area contributed by atoms with Crippen molar-refractivity contribution in [2.24, 2.45) is 0 Å². The Kier molecular flexibility index (Phi) is 6.26. The van der Waals surface area contributed by atoms with Gasteiger partial charge in [-0.2, -0.15) is 4.31 Å². The predicted octanol–water partition coefficient (Wildman–Crippen LogP) is 1.45. The van der Waals surface area contributed by atoms with Crippen LogP contribution < -0.4 is 0 Å². The maximum Gasteiger partial charge on any atom is 0.238 e. The summed E-state index contributed by atoms with van der Waals surface area (Å²) in [4.78, 5) is 14.2. The Morgan fingerprint density at radius 2 is 2.00 bits per heavy atom. The third-order valence-electron chi connectivity index (χ3n) is 3.67. The maximum absolute atomic E-state index is 12.3. The van der Waals surface area contributed by atoms with Crippen molar-refractivity contribution >= 4 is 15.9 Å². The lowest BCUT2D eigenvalue weighted by Gasteiger charge is -2.36. The first-order valence-corrected chi connectivity index (χ1v) is 8.99. The molecule has 0 N–H and O–H groups in total. The Bertz CT molecular complexity index is 395. The van der Waals surface area contributed by atoms with E-state index in [9.17, 15) is 13.2 Å². The van der Waals surface area contributed by atoms with Gasteiger partial charge in [-0.05, 0) is 32.1 Å². The Morgan fingerprint density at radius 3 is 2.53 bits per heavy atom. The molecule has 1 heterocycles. The Morgan fingerprint density at radius 1 is 1.32 bits per heavy atom. The average Bonchev–Trinajstić information content (AvgIpc) is 2.37. The van der Waals surface area contributed by atoms with Crippen molar-refractivity contribution in [2.45, 2.75) is 52.0 Å².